The topological polar surface area (TPSA) is 60.3 Å². The lowest BCUT2D eigenvalue weighted by atomic mass is 10.3. The summed E-state index contributed by atoms with van der Waals surface area (Å²) >= 11 is 1.30. The molecule has 3 aromatic carbocycles. The van der Waals surface area contributed by atoms with E-state index in [4.69, 9.17) is 4.74 Å². The molecule has 0 aliphatic carbocycles. The molecule has 0 spiro atoms. The van der Waals surface area contributed by atoms with E-state index in [0.29, 0.717) is 17.5 Å². The van der Waals surface area contributed by atoms with Gasteiger partial charge in [0.1, 0.15) is 0 Å². The quantitative estimate of drug-likeness (QED) is 0.290. The van der Waals surface area contributed by atoms with Gasteiger partial charge in [-0.1, -0.05) is 60.3 Å². The maximum atomic E-state index is 14.1. The van der Waals surface area contributed by atoms with Gasteiger partial charge in [-0.05, 0) is 50.2 Å². The number of hydrogen-bond acceptors (Lipinski definition) is 5. The Morgan fingerprint density at radius 1 is 1.00 bits per heavy atom. The highest BCUT2D eigenvalue weighted by atomic mass is 32.2. The van der Waals surface area contributed by atoms with Gasteiger partial charge in [-0.15, -0.1) is 10.2 Å². The van der Waals surface area contributed by atoms with E-state index in [9.17, 15) is 9.18 Å². The van der Waals surface area contributed by atoms with E-state index in [2.05, 4.69) is 10.2 Å². The van der Waals surface area contributed by atoms with Crippen LogP contribution in [-0.2, 0) is 4.79 Å². The fraction of sp³-hybridized carbons (Fsp3) is 0.192. The smallest absolute Gasteiger partial charge is 0.237 e. The van der Waals surface area contributed by atoms with Gasteiger partial charge < -0.3 is 9.64 Å². The van der Waals surface area contributed by atoms with E-state index in [0.717, 1.165) is 11.4 Å². The summed E-state index contributed by atoms with van der Waals surface area (Å²) in [4.78, 5) is 14.7. The zero-order valence-corrected chi connectivity index (χ0v) is 19.8. The van der Waals surface area contributed by atoms with Crippen LogP contribution in [0.5, 0.6) is 5.75 Å². The van der Waals surface area contributed by atoms with Crippen LogP contribution in [0.4, 0.5) is 10.1 Å². The molecule has 0 aliphatic rings. The molecule has 1 amide bonds. The van der Waals surface area contributed by atoms with Crippen molar-refractivity contribution in [2.45, 2.75) is 25.1 Å². The van der Waals surface area contributed by atoms with Gasteiger partial charge in [0.25, 0.3) is 0 Å². The Labute approximate surface area is 202 Å². The van der Waals surface area contributed by atoms with Crippen LogP contribution in [-0.4, -0.2) is 33.0 Å². The van der Waals surface area contributed by atoms with Crippen LogP contribution in [0, 0.1) is 5.82 Å². The fourth-order valence-electron chi connectivity index (χ4n) is 3.56. The lowest BCUT2D eigenvalue weighted by molar-refractivity contribution is -0.116. The van der Waals surface area contributed by atoms with Crippen molar-refractivity contribution in [3.63, 3.8) is 0 Å². The zero-order valence-electron chi connectivity index (χ0n) is 19.0. The molecule has 174 valence electrons. The molecule has 34 heavy (non-hydrogen) atoms. The number of thioether (sulfide) groups is 1. The normalized spacial score (nSPS) is 11.7. The second-order valence-corrected chi connectivity index (χ2v) is 8.41. The van der Waals surface area contributed by atoms with Gasteiger partial charge in [0.2, 0.25) is 5.91 Å². The number of carbonyl (C=O) groups excluding carboxylic acids is 1. The van der Waals surface area contributed by atoms with Crippen molar-refractivity contribution in [2.75, 3.05) is 17.2 Å². The van der Waals surface area contributed by atoms with Crippen LogP contribution in [0.2, 0.25) is 0 Å². The number of nitrogens with zero attached hydrogens (tertiary/aromatic N) is 4. The molecule has 4 rings (SSSR count). The first-order valence-electron chi connectivity index (χ1n) is 11.0. The van der Waals surface area contributed by atoms with Gasteiger partial charge in [0, 0.05) is 17.9 Å². The Morgan fingerprint density at radius 2 is 1.65 bits per heavy atom. The van der Waals surface area contributed by atoms with Gasteiger partial charge in [-0.3, -0.25) is 9.36 Å². The van der Waals surface area contributed by atoms with E-state index >= 15 is 0 Å². The summed E-state index contributed by atoms with van der Waals surface area (Å²) in [5.74, 6) is 0.374. The van der Waals surface area contributed by atoms with Crippen LogP contribution in [0.25, 0.3) is 5.69 Å². The minimum Gasteiger partial charge on any atom is -0.480 e. The molecule has 0 saturated carbocycles. The monoisotopic (exact) mass is 476 g/mol. The van der Waals surface area contributed by atoms with Gasteiger partial charge in [0.15, 0.2) is 28.7 Å². The number of rotatable bonds is 9. The number of aromatic nitrogens is 3. The van der Waals surface area contributed by atoms with E-state index in [1.165, 1.54) is 17.8 Å². The number of amides is 1. The van der Waals surface area contributed by atoms with Crippen LogP contribution in [0.1, 0.15) is 25.8 Å². The minimum atomic E-state index is -0.578. The molecular formula is C26H25FN4O2S. The molecule has 0 saturated heterocycles. The number of hydrogen-bond donors (Lipinski definition) is 0. The molecule has 4 aromatic rings. The Hall–Kier alpha value is -3.65. The highest BCUT2D eigenvalue weighted by Crippen LogP contribution is 2.29. The number of anilines is 1. The standard InChI is InChI=1S/C26H25FN4O2S/c1-3-30(20-12-6-4-7-13-20)24(32)18-34-26-29-28-25(31(26)21-14-8-5-9-15-21)19(2)33-23-17-11-10-16-22(23)27/h4-17,19H,3,18H2,1-2H3. The lowest BCUT2D eigenvalue weighted by Gasteiger charge is -2.21. The van der Waals surface area contributed by atoms with Crippen molar-refractivity contribution in [2.24, 2.45) is 0 Å². The molecule has 0 bridgehead atoms. The molecule has 1 heterocycles. The average Bonchev–Trinajstić information content (AvgIpc) is 3.30. The van der Waals surface area contributed by atoms with Crippen LogP contribution in [0.15, 0.2) is 90.1 Å². The highest BCUT2D eigenvalue weighted by molar-refractivity contribution is 7.99. The number of carbonyl (C=O) groups is 1. The van der Waals surface area contributed by atoms with E-state index in [-0.39, 0.29) is 17.4 Å². The summed E-state index contributed by atoms with van der Waals surface area (Å²) in [5, 5.41) is 9.24. The molecule has 8 heteroatoms. The van der Waals surface area contributed by atoms with Crippen molar-refractivity contribution >= 4 is 23.4 Å². The highest BCUT2D eigenvalue weighted by Gasteiger charge is 2.23. The third-order valence-corrected chi connectivity index (χ3v) is 6.10. The first-order chi connectivity index (χ1) is 16.6. The molecule has 1 atom stereocenters. The van der Waals surface area contributed by atoms with E-state index in [1.54, 1.807) is 30.0 Å². The minimum absolute atomic E-state index is 0.0292. The summed E-state index contributed by atoms with van der Waals surface area (Å²) in [7, 11) is 0. The Balaban J connectivity index is 1.58. The number of halogens is 1. The van der Waals surface area contributed by atoms with Crippen LogP contribution >= 0.6 is 11.8 Å². The third-order valence-electron chi connectivity index (χ3n) is 5.19. The number of ether oxygens (including phenoxy) is 1. The maximum Gasteiger partial charge on any atom is 0.237 e. The molecule has 1 unspecified atom stereocenters. The molecule has 0 aliphatic heterocycles. The molecule has 1 aromatic heterocycles. The second kappa shape index (κ2) is 11.0. The number of benzene rings is 3. The average molecular weight is 477 g/mol. The zero-order chi connectivity index (χ0) is 23.9. The summed E-state index contributed by atoms with van der Waals surface area (Å²) in [6.45, 7) is 4.30. The largest absolute Gasteiger partial charge is 0.480 e. The predicted octanol–water partition coefficient (Wildman–Crippen LogP) is 5.69. The fourth-order valence-corrected chi connectivity index (χ4v) is 4.39. The van der Waals surface area contributed by atoms with Crippen molar-refractivity contribution in [3.8, 4) is 11.4 Å². The molecule has 0 fully saturated rings. The third kappa shape index (κ3) is 5.28. The first kappa shape index (κ1) is 23.5. The van der Waals surface area contributed by atoms with Gasteiger partial charge in [-0.25, -0.2) is 4.39 Å². The predicted molar refractivity (Wildman–Crippen MR) is 132 cm³/mol. The maximum absolute atomic E-state index is 14.1. The van der Waals surface area contributed by atoms with Gasteiger partial charge in [0.05, 0.1) is 5.75 Å². The summed E-state index contributed by atoms with van der Waals surface area (Å²) < 4.78 is 21.9. The van der Waals surface area contributed by atoms with E-state index in [1.807, 2.05) is 72.2 Å². The molecule has 0 N–H and O–H groups in total. The van der Waals surface area contributed by atoms with Crippen molar-refractivity contribution < 1.29 is 13.9 Å². The van der Waals surface area contributed by atoms with Crippen molar-refractivity contribution in [3.05, 3.63) is 96.6 Å². The molecule has 6 nitrogen and oxygen atoms in total. The second-order valence-electron chi connectivity index (χ2n) is 7.46. The van der Waals surface area contributed by atoms with Gasteiger partial charge >= 0.3 is 0 Å². The van der Waals surface area contributed by atoms with Gasteiger partial charge in [-0.2, -0.15) is 0 Å². The molecular weight excluding hydrogens is 451 g/mol. The SMILES string of the molecule is CCN(C(=O)CSc1nnc(C(C)Oc2ccccc2F)n1-c1ccccc1)c1ccccc1. The van der Waals surface area contributed by atoms with Crippen LogP contribution < -0.4 is 9.64 Å². The van der Waals surface area contributed by atoms with Crippen molar-refractivity contribution in [1.29, 1.82) is 0 Å². The Kier molecular flexibility index (Phi) is 7.59. The Bertz CT molecular complexity index is 1230. The first-order valence-corrected chi connectivity index (χ1v) is 12.0. The van der Waals surface area contributed by atoms with E-state index < -0.39 is 11.9 Å². The Morgan fingerprint density at radius 3 is 2.32 bits per heavy atom. The lowest BCUT2D eigenvalue weighted by Crippen LogP contribution is -2.32. The van der Waals surface area contributed by atoms with Crippen molar-refractivity contribution in [1.82, 2.24) is 14.8 Å². The van der Waals surface area contributed by atoms with Crippen LogP contribution in [0.3, 0.4) is 0 Å². The summed E-state index contributed by atoms with van der Waals surface area (Å²) in [6, 6.07) is 25.4. The number of para-hydroxylation sites is 3. The molecule has 0 radical (unpaired) electrons. The summed E-state index contributed by atoms with van der Waals surface area (Å²) in [5.41, 5.74) is 1.68. The summed E-state index contributed by atoms with van der Waals surface area (Å²) in [6.07, 6.45) is -0.578.